The molecule has 1 aliphatic rings. The monoisotopic (exact) mass is 278 g/mol. The van der Waals surface area contributed by atoms with Gasteiger partial charge in [0.15, 0.2) is 0 Å². The van der Waals surface area contributed by atoms with E-state index in [1.165, 1.54) is 6.08 Å². The molecule has 0 spiro atoms. The molecule has 5 heteroatoms. The third kappa shape index (κ3) is 3.15. The molecule has 1 N–H and O–H groups in total. The fourth-order valence-corrected chi connectivity index (χ4v) is 2.15. The predicted octanol–water partition coefficient (Wildman–Crippen LogP) is 1.70. The third-order valence-electron chi connectivity index (χ3n) is 3.09. The minimum Gasteiger partial charge on any atom is -0.353 e. The van der Waals surface area contributed by atoms with Crippen molar-refractivity contribution >= 4 is 29.5 Å². The summed E-state index contributed by atoms with van der Waals surface area (Å²) in [5.41, 5.74) is 0.784. The molecule has 1 aromatic carbocycles. The summed E-state index contributed by atoms with van der Waals surface area (Å²) in [5.74, 6) is -0.298. The molecule has 1 aromatic rings. The third-order valence-corrected chi connectivity index (χ3v) is 3.44. The number of hydrogen-bond donors (Lipinski definition) is 1. The maximum absolute atomic E-state index is 12.1. The van der Waals surface area contributed by atoms with E-state index in [4.69, 9.17) is 11.6 Å². The number of piperazine rings is 1. The van der Waals surface area contributed by atoms with E-state index in [2.05, 4.69) is 5.32 Å². The number of nitrogens with zero attached hydrogens (tertiary/aromatic N) is 1. The maximum atomic E-state index is 12.1. The average molecular weight is 279 g/mol. The maximum Gasteiger partial charge on any atom is 0.247 e. The summed E-state index contributed by atoms with van der Waals surface area (Å²) in [4.78, 5) is 25.1. The van der Waals surface area contributed by atoms with E-state index in [0.717, 1.165) is 5.56 Å². The van der Waals surface area contributed by atoms with Crippen molar-refractivity contribution in [2.75, 3.05) is 13.1 Å². The molecular weight excluding hydrogens is 264 g/mol. The van der Waals surface area contributed by atoms with Gasteiger partial charge in [0.25, 0.3) is 0 Å². The lowest BCUT2D eigenvalue weighted by molar-refractivity contribution is -0.139. The lowest BCUT2D eigenvalue weighted by Gasteiger charge is -2.31. The SMILES string of the molecule is C[C@@H]1C(=O)NCCN1C(=O)/C=C/c1ccccc1Cl. The molecular formula is C14H15ClN2O2. The van der Waals surface area contributed by atoms with Gasteiger partial charge in [0.2, 0.25) is 11.8 Å². The van der Waals surface area contributed by atoms with Crippen LogP contribution in [-0.4, -0.2) is 35.8 Å². The molecule has 1 saturated heterocycles. The summed E-state index contributed by atoms with van der Waals surface area (Å²) >= 11 is 6.01. The zero-order chi connectivity index (χ0) is 13.8. The first-order valence-electron chi connectivity index (χ1n) is 6.10. The van der Waals surface area contributed by atoms with Gasteiger partial charge in [-0.1, -0.05) is 29.8 Å². The highest BCUT2D eigenvalue weighted by atomic mass is 35.5. The van der Waals surface area contributed by atoms with E-state index < -0.39 is 6.04 Å². The number of carbonyl (C=O) groups is 2. The van der Waals surface area contributed by atoms with Crippen molar-refractivity contribution in [3.05, 3.63) is 40.9 Å². The summed E-state index contributed by atoms with van der Waals surface area (Å²) in [7, 11) is 0. The highest BCUT2D eigenvalue weighted by molar-refractivity contribution is 6.32. The van der Waals surface area contributed by atoms with Crippen LogP contribution in [0.3, 0.4) is 0 Å². The van der Waals surface area contributed by atoms with E-state index >= 15 is 0 Å². The van der Waals surface area contributed by atoms with Crippen LogP contribution in [0, 0.1) is 0 Å². The molecule has 0 radical (unpaired) electrons. The number of benzene rings is 1. The van der Waals surface area contributed by atoms with Gasteiger partial charge in [-0.3, -0.25) is 9.59 Å². The van der Waals surface area contributed by atoms with Gasteiger partial charge < -0.3 is 10.2 Å². The van der Waals surface area contributed by atoms with Crippen LogP contribution in [-0.2, 0) is 9.59 Å². The van der Waals surface area contributed by atoms with E-state index in [1.807, 2.05) is 18.2 Å². The molecule has 0 bridgehead atoms. The zero-order valence-electron chi connectivity index (χ0n) is 10.6. The van der Waals surface area contributed by atoms with Crippen molar-refractivity contribution in [3.63, 3.8) is 0 Å². The van der Waals surface area contributed by atoms with Crippen LogP contribution in [0.25, 0.3) is 6.08 Å². The Kier molecular flexibility index (Phi) is 4.22. The van der Waals surface area contributed by atoms with E-state index in [0.29, 0.717) is 18.1 Å². The number of amides is 2. The van der Waals surface area contributed by atoms with Crippen LogP contribution in [0.5, 0.6) is 0 Å². The molecule has 1 aliphatic heterocycles. The van der Waals surface area contributed by atoms with Gasteiger partial charge in [-0.15, -0.1) is 0 Å². The lowest BCUT2D eigenvalue weighted by Crippen LogP contribution is -2.55. The molecule has 19 heavy (non-hydrogen) atoms. The van der Waals surface area contributed by atoms with Crippen LogP contribution in [0.4, 0.5) is 0 Å². The molecule has 0 aliphatic carbocycles. The van der Waals surface area contributed by atoms with Gasteiger partial charge in [0.05, 0.1) is 0 Å². The van der Waals surface area contributed by atoms with E-state index in [1.54, 1.807) is 24.0 Å². The van der Waals surface area contributed by atoms with Crippen LogP contribution in [0.1, 0.15) is 12.5 Å². The molecule has 2 amide bonds. The van der Waals surface area contributed by atoms with Gasteiger partial charge in [-0.05, 0) is 24.6 Å². The largest absolute Gasteiger partial charge is 0.353 e. The Labute approximate surface area is 117 Å². The van der Waals surface area contributed by atoms with Crippen LogP contribution >= 0.6 is 11.6 Å². The number of rotatable bonds is 2. The standard InChI is InChI=1S/C14H15ClN2O2/c1-10-14(19)16-8-9-17(10)13(18)7-6-11-4-2-3-5-12(11)15/h2-7,10H,8-9H2,1H3,(H,16,19)/b7-6+/t10-/m1/s1. The highest BCUT2D eigenvalue weighted by Crippen LogP contribution is 2.16. The Hall–Kier alpha value is -1.81. The molecule has 1 fully saturated rings. The van der Waals surface area contributed by atoms with E-state index in [9.17, 15) is 9.59 Å². The second kappa shape index (κ2) is 5.89. The molecule has 1 atom stereocenters. The van der Waals surface area contributed by atoms with Crippen molar-refractivity contribution in [3.8, 4) is 0 Å². The van der Waals surface area contributed by atoms with Gasteiger partial charge in [0.1, 0.15) is 6.04 Å². The van der Waals surface area contributed by atoms with Crippen LogP contribution in [0.2, 0.25) is 5.02 Å². The molecule has 0 unspecified atom stereocenters. The number of nitrogens with one attached hydrogen (secondary N) is 1. The van der Waals surface area contributed by atoms with Crippen LogP contribution in [0.15, 0.2) is 30.3 Å². The van der Waals surface area contributed by atoms with E-state index in [-0.39, 0.29) is 11.8 Å². The Morgan fingerprint density at radius 1 is 1.47 bits per heavy atom. The summed E-state index contributed by atoms with van der Waals surface area (Å²) in [6, 6.07) is 6.85. The lowest BCUT2D eigenvalue weighted by atomic mass is 10.1. The molecule has 0 saturated carbocycles. The fraction of sp³-hybridized carbons (Fsp3) is 0.286. The van der Waals surface area contributed by atoms with Crippen LogP contribution < -0.4 is 5.32 Å². The quantitative estimate of drug-likeness (QED) is 0.837. The second-order valence-electron chi connectivity index (χ2n) is 4.35. The van der Waals surface area contributed by atoms with Crippen molar-refractivity contribution < 1.29 is 9.59 Å². The minimum atomic E-state index is -0.433. The molecule has 4 nitrogen and oxygen atoms in total. The van der Waals surface area contributed by atoms with Crippen molar-refractivity contribution in [2.45, 2.75) is 13.0 Å². The van der Waals surface area contributed by atoms with Crippen molar-refractivity contribution in [1.82, 2.24) is 10.2 Å². The Morgan fingerprint density at radius 2 is 2.21 bits per heavy atom. The second-order valence-corrected chi connectivity index (χ2v) is 4.76. The predicted molar refractivity (Wildman–Crippen MR) is 74.7 cm³/mol. The number of halogens is 1. The first-order valence-corrected chi connectivity index (χ1v) is 6.48. The first kappa shape index (κ1) is 13.6. The molecule has 2 rings (SSSR count). The summed E-state index contributed by atoms with van der Waals surface area (Å²) in [6.07, 6.45) is 3.13. The first-order chi connectivity index (χ1) is 9.09. The minimum absolute atomic E-state index is 0.120. The average Bonchev–Trinajstić information content (AvgIpc) is 2.40. The topological polar surface area (TPSA) is 49.4 Å². The molecule has 100 valence electrons. The number of carbonyl (C=O) groups excluding carboxylic acids is 2. The van der Waals surface area contributed by atoms with Gasteiger partial charge in [0, 0.05) is 24.2 Å². The summed E-state index contributed by atoms with van der Waals surface area (Å²) in [5, 5.41) is 3.32. The summed E-state index contributed by atoms with van der Waals surface area (Å²) < 4.78 is 0. The number of hydrogen-bond acceptors (Lipinski definition) is 2. The molecule has 0 aromatic heterocycles. The molecule has 1 heterocycles. The van der Waals surface area contributed by atoms with Gasteiger partial charge in [-0.25, -0.2) is 0 Å². The highest BCUT2D eigenvalue weighted by Gasteiger charge is 2.27. The van der Waals surface area contributed by atoms with Gasteiger partial charge in [-0.2, -0.15) is 0 Å². The zero-order valence-corrected chi connectivity index (χ0v) is 11.4. The Bertz CT molecular complexity index is 528. The van der Waals surface area contributed by atoms with Crippen molar-refractivity contribution in [2.24, 2.45) is 0 Å². The smallest absolute Gasteiger partial charge is 0.247 e. The van der Waals surface area contributed by atoms with Gasteiger partial charge >= 0.3 is 0 Å². The normalized spacial score (nSPS) is 19.6. The Morgan fingerprint density at radius 3 is 2.95 bits per heavy atom. The summed E-state index contributed by atoms with van der Waals surface area (Å²) in [6.45, 7) is 2.74. The van der Waals surface area contributed by atoms with Crippen molar-refractivity contribution in [1.29, 1.82) is 0 Å². The Balaban J connectivity index is 2.09. The fourth-order valence-electron chi connectivity index (χ4n) is 1.95.